The van der Waals surface area contributed by atoms with Crippen molar-refractivity contribution >= 4 is 15.9 Å². The molecule has 0 amide bonds. The number of hydrogen-bond acceptors (Lipinski definition) is 2. The quantitative estimate of drug-likeness (QED) is 0.778. The van der Waals surface area contributed by atoms with Crippen molar-refractivity contribution in [3.8, 4) is 11.5 Å². The molecule has 0 fully saturated rings. The smallest absolute Gasteiger partial charge is 0.137 e. The molecule has 0 radical (unpaired) electrons. The summed E-state index contributed by atoms with van der Waals surface area (Å²) in [4.78, 5) is 0. The Labute approximate surface area is 127 Å². The zero-order valence-corrected chi connectivity index (χ0v) is 13.0. The molecule has 0 saturated carbocycles. The molecule has 104 valence electrons. The molecule has 1 aliphatic heterocycles. The Balaban J connectivity index is 1.58. The van der Waals surface area contributed by atoms with Crippen LogP contribution in [0.25, 0.3) is 0 Å². The Bertz CT molecular complexity index is 592. The van der Waals surface area contributed by atoms with Crippen LogP contribution in [-0.4, -0.2) is 12.7 Å². The molecule has 20 heavy (non-hydrogen) atoms. The third-order valence-corrected chi connectivity index (χ3v) is 4.12. The normalized spacial score (nSPS) is 16.6. The number of fused-ring (bicyclic) bond motifs is 1. The lowest BCUT2D eigenvalue weighted by atomic mass is 10.1. The number of benzene rings is 2. The molecule has 1 heterocycles. The molecule has 2 nitrogen and oxygen atoms in total. The molecule has 1 atom stereocenters. The topological polar surface area (TPSA) is 18.5 Å². The first-order valence-electron chi connectivity index (χ1n) is 6.78. The fourth-order valence-corrected chi connectivity index (χ4v) is 2.78. The van der Waals surface area contributed by atoms with E-state index in [1.54, 1.807) is 0 Å². The summed E-state index contributed by atoms with van der Waals surface area (Å²) in [5.74, 6) is 1.89. The van der Waals surface area contributed by atoms with E-state index in [0.717, 1.165) is 23.2 Å². The monoisotopic (exact) mass is 332 g/mol. The second-order valence-corrected chi connectivity index (χ2v) is 5.70. The van der Waals surface area contributed by atoms with Gasteiger partial charge in [0, 0.05) is 11.8 Å². The Hall–Kier alpha value is -1.48. The van der Waals surface area contributed by atoms with Gasteiger partial charge in [0.2, 0.25) is 0 Å². The molecule has 1 aliphatic rings. The Kier molecular flexibility index (Phi) is 3.97. The van der Waals surface area contributed by atoms with Crippen LogP contribution in [0.2, 0.25) is 0 Å². The largest absolute Gasteiger partial charge is 0.490 e. The highest BCUT2D eigenvalue weighted by Gasteiger charge is 2.23. The molecule has 3 heteroatoms. The van der Waals surface area contributed by atoms with Gasteiger partial charge in [-0.3, -0.25) is 0 Å². The summed E-state index contributed by atoms with van der Waals surface area (Å²) in [6.07, 6.45) is 1.04. The van der Waals surface area contributed by atoms with Gasteiger partial charge in [-0.25, -0.2) is 0 Å². The van der Waals surface area contributed by atoms with Crippen LogP contribution in [0.1, 0.15) is 16.7 Å². The highest BCUT2D eigenvalue weighted by Crippen LogP contribution is 2.29. The molecular weight excluding hydrogens is 316 g/mol. The minimum atomic E-state index is 0.114. The van der Waals surface area contributed by atoms with E-state index in [9.17, 15) is 0 Å². The summed E-state index contributed by atoms with van der Waals surface area (Å²) in [6.45, 7) is 2.69. The van der Waals surface area contributed by atoms with Gasteiger partial charge >= 0.3 is 0 Å². The third kappa shape index (κ3) is 2.98. The first-order chi connectivity index (χ1) is 9.74. The van der Waals surface area contributed by atoms with Crippen molar-refractivity contribution in [2.24, 2.45) is 0 Å². The van der Waals surface area contributed by atoms with Crippen LogP contribution < -0.4 is 9.47 Å². The van der Waals surface area contributed by atoms with Crippen molar-refractivity contribution in [3.63, 3.8) is 0 Å². The molecular formula is C17H17BrO2. The van der Waals surface area contributed by atoms with Crippen LogP contribution in [0.15, 0.2) is 42.5 Å². The molecule has 3 rings (SSSR count). The van der Waals surface area contributed by atoms with Gasteiger partial charge in [0.05, 0.1) is 0 Å². The second kappa shape index (κ2) is 5.88. The highest BCUT2D eigenvalue weighted by atomic mass is 79.9. The summed E-state index contributed by atoms with van der Waals surface area (Å²) in [6, 6.07) is 14.5. The number of aryl methyl sites for hydroxylation is 1. The zero-order chi connectivity index (χ0) is 13.9. The summed E-state index contributed by atoms with van der Waals surface area (Å²) in [5, 5.41) is 0.869. The van der Waals surface area contributed by atoms with Crippen molar-refractivity contribution in [1.29, 1.82) is 0 Å². The number of hydrogen-bond donors (Lipinski definition) is 0. The second-order valence-electron chi connectivity index (χ2n) is 5.14. The zero-order valence-electron chi connectivity index (χ0n) is 11.4. The lowest BCUT2D eigenvalue weighted by Gasteiger charge is -2.12. The molecule has 0 saturated heterocycles. The fraction of sp³-hybridized carbons (Fsp3) is 0.294. The van der Waals surface area contributed by atoms with Gasteiger partial charge in [0.15, 0.2) is 0 Å². The van der Waals surface area contributed by atoms with E-state index in [4.69, 9.17) is 9.47 Å². The van der Waals surface area contributed by atoms with E-state index in [2.05, 4.69) is 53.2 Å². The third-order valence-electron chi connectivity index (χ3n) is 3.47. The van der Waals surface area contributed by atoms with Gasteiger partial charge in [-0.15, -0.1) is 0 Å². The molecule has 1 unspecified atom stereocenters. The number of alkyl halides is 1. The van der Waals surface area contributed by atoms with Gasteiger partial charge < -0.3 is 9.47 Å². The molecule has 0 aromatic heterocycles. The van der Waals surface area contributed by atoms with Crippen molar-refractivity contribution in [3.05, 3.63) is 59.2 Å². The highest BCUT2D eigenvalue weighted by molar-refractivity contribution is 9.08. The van der Waals surface area contributed by atoms with Gasteiger partial charge in [-0.1, -0.05) is 45.8 Å². The summed E-state index contributed by atoms with van der Waals surface area (Å²) in [7, 11) is 0. The fourth-order valence-electron chi connectivity index (χ4n) is 2.41. The molecule has 2 aromatic rings. The van der Waals surface area contributed by atoms with E-state index in [-0.39, 0.29) is 6.10 Å². The first kappa shape index (κ1) is 13.5. The maximum atomic E-state index is 5.90. The maximum absolute atomic E-state index is 5.90. The predicted molar refractivity (Wildman–Crippen MR) is 83.9 cm³/mol. The number of ether oxygens (including phenoxy) is 2. The molecule has 0 spiro atoms. The van der Waals surface area contributed by atoms with Gasteiger partial charge in [0.1, 0.15) is 24.2 Å². The summed E-state index contributed by atoms with van der Waals surface area (Å²) < 4.78 is 11.7. The van der Waals surface area contributed by atoms with E-state index in [0.29, 0.717) is 6.61 Å². The van der Waals surface area contributed by atoms with Crippen LogP contribution >= 0.6 is 15.9 Å². The van der Waals surface area contributed by atoms with Crippen molar-refractivity contribution in [1.82, 2.24) is 0 Å². The van der Waals surface area contributed by atoms with E-state index < -0.39 is 0 Å². The van der Waals surface area contributed by atoms with Crippen molar-refractivity contribution < 1.29 is 9.47 Å². The van der Waals surface area contributed by atoms with E-state index in [1.165, 1.54) is 16.7 Å². The van der Waals surface area contributed by atoms with E-state index in [1.807, 2.05) is 12.1 Å². The van der Waals surface area contributed by atoms with E-state index >= 15 is 0 Å². The summed E-state index contributed by atoms with van der Waals surface area (Å²) in [5.41, 5.74) is 3.81. The van der Waals surface area contributed by atoms with Crippen molar-refractivity contribution in [2.75, 3.05) is 6.61 Å². The SMILES string of the molecule is Cc1ccc2c(c1)CC(COc1ccc(CBr)cc1)O2. The standard InChI is InChI=1S/C17H17BrO2/c1-12-2-7-17-14(8-12)9-16(20-17)11-19-15-5-3-13(10-18)4-6-15/h2-8,16H,9-11H2,1H3. The van der Waals surface area contributed by atoms with Gasteiger partial charge in [-0.2, -0.15) is 0 Å². The maximum Gasteiger partial charge on any atom is 0.137 e. The predicted octanol–water partition coefficient (Wildman–Crippen LogP) is 4.27. The van der Waals surface area contributed by atoms with Gasteiger partial charge in [0.25, 0.3) is 0 Å². The Morgan fingerprint density at radius 3 is 2.75 bits per heavy atom. The first-order valence-corrected chi connectivity index (χ1v) is 7.90. The molecule has 0 N–H and O–H groups in total. The average Bonchev–Trinajstić information content (AvgIpc) is 2.87. The summed E-state index contributed by atoms with van der Waals surface area (Å²) >= 11 is 3.44. The Morgan fingerprint density at radius 1 is 1.20 bits per heavy atom. The number of rotatable bonds is 4. The van der Waals surface area contributed by atoms with Crippen LogP contribution in [0.4, 0.5) is 0 Å². The van der Waals surface area contributed by atoms with Crippen LogP contribution in [-0.2, 0) is 11.8 Å². The van der Waals surface area contributed by atoms with Crippen LogP contribution in [0, 0.1) is 6.92 Å². The van der Waals surface area contributed by atoms with Crippen LogP contribution in [0.3, 0.4) is 0 Å². The van der Waals surface area contributed by atoms with Crippen molar-refractivity contribution in [2.45, 2.75) is 24.8 Å². The Morgan fingerprint density at radius 2 is 2.00 bits per heavy atom. The minimum Gasteiger partial charge on any atom is -0.490 e. The number of halogens is 1. The van der Waals surface area contributed by atoms with Crippen LogP contribution in [0.5, 0.6) is 11.5 Å². The average molecular weight is 333 g/mol. The van der Waals surface area contributed by atoms with Gasteiger partial charge in [-0.05, 0) is 36.2 Å². The molecule has 0 aliphatic carbocycles. The molecule has 0 bridgehead atoms. The lowest BCUT2D eigenvalue weighted by molar-refractivity contribution is 0.148. The molecule has 2 aromatic carbocycles. The minimum absolute atomic E-state index is 0.114. The lowest BCUT2D eigenvalue weighted by Crippen LogP contribution is -2.22.